The normalized spacial score (nSPS) is 10.8. The zero-order valence-corrected chi connectivity index (χ0v) is 11.4. The van der Waals surface area contributed by atoms with E-state index in [9.17, 15) is 13.2 Å². The minimum absolute atomic E-state index is 0. The van der Waals surface area contributed by atoms with Crippen molar-refractivity contribution in [1.82, 2.24) is 0 Å². The number of hydrogen-bond acceptors (Lipinski definition) is 3. The molecule has 4 nitrogen and oxygen atoms in total. The van der Waals surface area contributed by atoms with Gasteiger partial charge in [-0.2, -0.15) is 0 Å². The Kier molecular flexibility index (Phi) is 7.43. The monoisotopic (exact) mass is 366 g/mol. The number of carboxylic acid groups (broad SMARTS) is 1. The van der Waals surface area contributed by atoms with Crippen molar-refractivity contribution >= 4 is 94.7 Å². The summed E-state index contributed by atoms with van der Waals surface area (Å²) >= 11 is 8.93. The summed E-state index contributed by atoms with van der Waals surface area (Å²) in [6.07, 6.45) is 1.05. The summed E-state index contributed by atoms with van der Waals surface area (Å²) < 4.78 is 22.8. The Morgan fingerprint density at radius 1 is 1.47 bits per heavy atom. The Labute approximate surface area is 155 Å². The third-order valence-electron chi connectivity index (χ3n) is 1.96. The van der Waals surface area contributed by atoms with Crippen LogP contribution in [0, 0.1) is 0 Å². The molecule has 0 saturated heterocycles. The van der Waals surface area contributed by atoms with E-state index >= 15 is 0 Å². The van der Waals surface area contributed by atoms with Crippen LogP contribution in [-0.2, 0) is 15.2 Å². The van der Waals surface area contributed by atoms with Crippen LogP contribution in [0.4, 0.5) is 0 Å². The van der Waals surface area contributed by atoms with Gasteiger partial charge in [-0.3, -0.25) is 0 Å². The van der Waals surface area contributed by atoms with Crippen LogP contribution >= 0.6 is 27.5 Å². The van der Waals surface area contributed by atoms with E-state index in [0.717, 1.165) is 6.26 Å². The SMILES string of the molecule is CS(=O)(=O)c1ccc(C(=O)O)c(Cl)c1CBr.[KH]. The Hall–Kier alpha value is 1.05. The van der Waals surface area contributed by atoms with E-state index in [-0.39, 0.29) is 77.8 Å². The van der Waals surface area contributed by atoms with Gasteiger partial charge < -0.3 is 5.11 Å². The second-order valence-corrected chi connectivity index (χ2v) is 6.04. The third-order valence-corrected chi connectivity index (χ3v) is 4.14. The van der Waals surface area contributed by atoms with Crippen LogP contribution < -0.4 is 0 Å². The van der Waals surface area contributed by atoms with Crippen LogP contribution in [0.2, 0.25) is 5.02 Å². The number of aromatic carboxylic acids is 1. The van der Waals surface area contributed by atoms with E-state index in [0.29, 0.717) is 0 Å². The molecule has 1 aromatic carbocycles. The van der Waals surface area contributed by atoms with Crippen molar-refractivity contribution in [3.05, 3.63) is 28.3 Å². The number of benzene rings is 1. The summed E-state index contributed by atoms with van der Waals surface area (Å²) in [5.74, 6) is -1.19. The predicted octanol–water partition coefficient (Wildman–Crippen LogP) is 1.69. The maximum absolute atomic E-state index is 11.4. The second-order valence-electron chi connectivity index (χ2n) is 3.11. The summed E-state index contributed by atoms with van der Waals surface area (Å²) in [5.41, 5.74) is 0.160. The first-order valence-electron chi connectivity index (χ1n) is 4.09. The number of carboxylic acids is 1. The number of carbonyl (C=O) groups is 1. The molecule has 1 N–H and O–H groups in total. The predicted molar refractivity (Wildman–Crippen MR) is 71.3 cm³/mol. The van der Waals surface area contributed by atoms with Crippen LogP contribution in [0.5, 0.6) is 0 Å². The van der Waals surface area contributed by atoms with Crippen molar-refractivity contribution < 1.29 is 18.3 Å². The van der Waals surface area contributed by atoms with Gasteiger partial charge in [0.2, 0.25) is 0 Å². The Morgan fingerprint density at radius 3 is 2.35 bits per heavy atom. The Bertz CT molecular complexity index is 544. The van der Waals surface area contributed by atoms with E-state index in [4.69, 9.17) is 16.7 Å². The molecule has 1 aromatic rings. The summed E-state index contributed by atoms with van der Waals surface area (Å²) in [6.45, 7) is 0. The van der Waals surface area contributed by atoms with Crippen LogP contribution in [0.15, 0.2) is 17.0 Å². The van der Waals surface area contributed by atoms with Crippen molar-refractivity contribution in [1.29, 1.82) is 0 Å². The molecule has 0 aliphatic carbocycles. The standard InChI is InChI=1S/C9H8BrClO4S.K.H/c1-16(14,15)7-3-2-5(9(12)13)8(11)6(7)4-10;;/h2-3H,4H2,1H3,(H,12,13);;. The molecular weight excluding hydrogens is 359 g/mol. The summed E-state index contributed by atoms with van der Waals surface area (Å²) in [7, 11) is -3.42. The summed E-state index contributed by atoms with van der Waals surface area (Å²) in [6, 6.07) is 2.44. The third kappa shape index (κ3) is 4.27. The fourth-order valence-electron chi connectivity index (χ4n) is 1.24. The molecule has 0 fully saturated rings. The Morgan fingerprint density at radius 2 is 2.00 bits per heavy atom. The zero-order valence-electron chi connectivity index (χ0n) is 8.20. The summed E-state index contributed by atoms with van der Waals surface area (Å²) in [4.78, 5) is 10.8. The van der Waals surface area contributed by atoms with E-state index in [1.165, 1.54) is 12.1 Å². The second kappa shape index (κ2) is 7.00. The van der Waals surface area contributed by atoms with E-state index in [1.54, 1.807) is 0 Å². The van der Waals surface area contributed by atoms with Gasteiger partial charge in [0.15, 0.2) is 9.84 Å². The van der Waals surface area contributed by atoms with Gasteiger partial charge in [0.1, 0.15) is 0 Å². The molecule has 0 amide bonds. The van der Waals surface area contributed by atoms with Crippen LogP contribution in [0.3, 0.4) is 0 Å². The van der Waals surface area contributed by atoms with Gasteiger partial charge in [-0.1, -0.05) is 27.5 Å². The first-order valence-corrected chi connectivity index (χ1v) is 7.48. The van der Waals surface area contributed by atoms with Gasteiger partial charge in [0.25, 0.3) is 0 Å². The molecule has 0 heterocycles. The fraction of sp³-hybridized carbons (Fsp3) is 0.222. The average Bonchev–Trinajstić information content (AvgIpc) is 2.15. The van der Waals surface area contributed by atoms with Crippen molar-refractivity contribution in [3.8, 4) is 0 Å². The molecule has 1 rings (SSSR count). The van der Waals surface area contributed by atoms with Crippen LogP contribution in [-0.4, -0.2) is 77.1 Å². The molecule has 0 spiro atoms. The molecule has 0 aliphatic rings. The van der Waals surface area contributed by atoms with Crippen molar-refractivity contribution in [2.45, 2.75) is 10.2 Å². The molecule has 0 unspecified atom stereocenters. The fourth-order valence-corrected chi connectivity index (χ4v) is 3.48. The quantitative estimate of drug-likeness (QED) is 0.652. The van der Waals surface area contributed by atoms with Gasteiger partial charge in [0.05, 0.1) is 15.5 Å². The van der Waals surface area contributed by atoms with E-state index < -0.39 is 15.8 Å². The number of hydrogen-bond donors (Lipinski definition) is 1. The average molecular weight is 368 g/mol. The molecular formula is C9H9BrClKO4S. The molecule has 90 valence electrons. The molecule has 8 heteroatoms. The maximum atomic E-state index is 11.4. The number of sulfone groups is 1. The van der Waals surface area contributed by atoms with Gasteiger partial charge >= 0.3 is 57.4 Å². The number of halogens is 2. The first kappa shape index (κ1) is 18.0. The Balaban J connectivity index is 0.00000256. The topological polar surface area (TPSA) is 71.4 Å². The van der Waals surface area contributed by atoms with Crippen molar-refractivity contribution in [2.24, 2.45) is 0 Å². The minimum atomic E-state index is -3.42. The van der Waals surface area contributed by atoms with E-state index in [1.807, 2.05) is 0 Å². The van der Waals surface area contributed by atoms with Gasteiger partial charge in [-0.05, 0) is 12.1 Å². The molecule has 0 aliphatic heterocycles. The molecule has 0 bridgehead atoms. The van der Waals surface area contributed by atoms with Crippen LogP contribution in [0.1, 0.15) is 15.9 Å². The van der Waals surface area contributed by atoms with Crippen LogP contribution in [0.25, 0.3) is 0 Å². The number of rotatable bonds is 3. The molecule has 0 atom stereocenters. The summed E-state index contributed by atoms with van der Waals surface area (Å²) in [5, 5.41) is 8.96. The molecule has 0 saturated carbocycles. The molecule has 0 radical (unpaired) electrons. The van der Waals surface area contributed by atoms with Crippen molar-refractivity contribution in [2.75, 3.05) is 6.26 Å². The van der Waals surface area contributed by atoms with E-state index in [2.05, 4.69) is 15.9 Å². The number of alkyl halides is 1. The van der Waals surface area contributed by atoms with Gasteiger partial charge in [-0.25, -0.2) is 13.2 Å². The van der Waals surface area contributed by atoms with Crippen molar-refractivity contribution in [3.63, 3.8) is 0 Å². The molecule has 0 aromatic heterocycles. The first-order chi connectivity index (χ1) is 7.29. The molecule has 17 heavy (non-hydrogen) atoms. The van der Waals surface area contributed by atoms with Gasteiger partial charge in [0, 0.05) is 17.1 Å². The zero-order chi connectivity index (χ0) is 12.5. The van der Waals surface area contributed by atoms with Gasteiger partial charge in [-0.15, -0.1) is 0 Å².